The third-order valence-electron chi connectivity index (χ3n) is 6.07. The Bertz CT molecular complexity index is 1540. The van der Waals surface area contributed by atoms with Crippen LogP contribution in [0.15, 0.2) is 70.7 Å². The normalized spacial score (nSPS) is 17.2. The lowest BCUT2D eigenvalue weighted by molar-refractivity contribution is -0.132. The molecule has 1 amide bonds. The molecule has 0 saturated carbocycles. The molecule has 0 bridgehead atoms. The van der Waals surface area contributed by atoms with Crippen molar-refractivity contribution in [2.75, 3.05) is 11.5 Å². The summed E-state index contributed by atoms with van der Waals surface area (Å²) in [6.45, 7) is 6.32. The first kappa shape index (κ1) is 24.2. The zero-order valence-electron chi connectivity index (χ0n) is 19.9. The highest BCUT2D eigenvalue weighted by Crippen LogP contribution is 2.45. The Labute approximate surface area is 221 Å². The number of ketones is 1. The van der Waals surface area contributed by atoms with E-state index in [0.717, 1.165) is 25.8 Å². The van der Waals surface area contributed by atoms with Gasteiger partial charge in [0.25, 0.3) is 5.78 Å². The zero-order chi connectivity index (χ0) is 25.6. The van der Waals surface area contributed by atoms with Crippen LogP contribution in [0, 0.1) is 13.8 Å². The first-order valence-corrected chi connectivity index (χ1v) is 13.1. The summed E-state index contributed by atoms with van der Waals surface area (Å²) in [5.41, 5.74) is 3.99. The fourth-order valence-corrected chi connectivity index (χ4v) is 5.94. The van der Waals surface area contributed by atoms with Crippen molar-refractivity contribution in [3.8, 4) is 5.75 Å². The van der Waals surface area contributed by atoms with E-state index in [4.69, 9.17) is 9.72 Å². The summed E-state index contributed by atoms with van der Waals surface area (Å²) in [6.07, 6.45) is 0. The summed E-state index contributed by atoms with van der Waals surface area (Å²) in [5.74, 6) is -1.17. The van der Waals surface area contributed by atoms with E-state index in [1.165, 1.54) is 16.2 Å². The van der Waals surface area contributed by atoms with Crippen molar-refractivity contribution in [3.05, 3.63) is 93.0 Å². The molecule has 8 heteroatoms. The standard InChI is InChI=1S/C28H23BrN2O4S/c1-4-35-20-7-5-6-18(14-20)25(32)22-24(17-8-10-19(29)11-9-17)31(27(34)26(22)33)28-30-23-16(3)12-15(2)13-21(23)36-28/h5-14,24,32H,4H2,1-3H3. The number of anilines is 1. The Morgan fingerprint density at radius 1 is 1.11 bits per heavy atom. The molecule has 1 unspecified atom stereocenters. The third-order valence-corrected chi connectivity index (χ3v) is 7.60. The van der Waals surface area contributed by atoms with Gasteiger partial charge in [-0.1, -0.05) is 57.6 Å². The molecule has 4 aromatic rings. The molecule has 1 aromatic heterocycles. The Morgan fingerprint density at radius 2 is 1.86 bits per heavy atom. The van der Waals surface area contributed by atoms with Gasteiger partial charge in [-0.25, -0.2) is 4.98 Å². The summed E-state index contributed by atoms with van der Waals surface area (Å²) in [4.78, 5) is 33.1. The lowest BCUT2D eigenvalue weighted by Gasteiger charge is -2.23. The summed E-state index contributed by atoms with van der Waals surface area (Å²) >= 11 is 4.80. The maximum atomic E-state index is 13.5. The van der Waals surface area contributed by atoms with Crippen LogP contribution < -0.4 is 9.64 Å². The number of rotatable bonds is 5. The van der Waals surface area contributed by atoms with Crippen LogP contribution in [0.3, 0.4) is 0 Å². The molecular formula is C28H23BrN2O4S. The van der Waals surface area contributed by atoms with Gasteiger partial charge in [-0.3, -0.25) is 14.5 Å². The van der Waals surface area contributed by atoms with E-state index in [2.05, 4.69) is 15.9 Å². The molecule has 2 heterocycles. The molecule has 1 atom stereocenters. The highest BCUT2D eigenvalue weighted by atomic mass is 79.9. The summed E-state index contributed by atoms with van der Waals surface area (Å²) in [5, 5.41) is 11.8. The van der Waals surface area contributed by atoms with Crippen LogP contribution in [0.4, 0.5) is 5.13 Å². The Kier molecular flexibility index (Phi) is 6.40. The topological polar surface area (TPSA) is 79.7 Å². The number of ether oxygens (including phenoxy) is 1. The molecule has 36 heavy (non-hydrogen) atoms. The second kappa shape index (κ2) is 9.52. The number of fused-ring (bicyclic) bond motifs is 1. The van der Waals surface area contributed by atoms with E-state index in [1.807, 2.05) is 57.2 Å². The number of benzene rings is 3. The molecule has 182 valence electrons. The van der Waals surface area contributed by atoms with Crippen molar-refractivity contribution in [3.63, 3.8) is 0 Å². The first-order valence-electron chi connectivity index (χ1n) is 11.5. The summed E-state index contributed by atoms with van der Waals surface area (Å²) in [7, 11) is 0. The molecule has 0 radical (unpaired) electrons. The number of aliphatic hydroxyl groups excluding tert-OH is 1. The molecule has 5 rings (SSSR count). The molecule has 1 N–H and O–H groups in total. The molecular weight excluding hydrogens is 540 g/mol. The van der Waals surface area contributed by atoms with E-state index < -0.39 is 17.7 Å². The number of hydrogen-bond donors (Lipinski definition) is 1. The number of hydrogen-bond acceptors (Lipinski definition) is 6. The number of aromatic nitrogens is 1. The average Bonchev–Trinajstić information content (AvgIpc) is 3.38. The van der Waals surface area contributed by atoms with Crippen molar-refractivity contribution < 1.29 is 19.4 Å². The molecule has 6 nitrogen and oxygen atoms in total. The number of amides is 1. The molecule has 1 fully saturated rings. The summed E-state index contributed by atoms with van der Waals surface area (Å²) < 4.78 is 7.36. The highest BCUT2D eigenvalue weighted by Gasteiger charge is 2.48. The number of carbonyl (C=O) groups is 2. The van der Waals surface area contributed by atoms with Gasteiger partial charge < -0.3 is 9.84 Å². The lowest BCUT2D eigenvalue weighted by atomic mass is 9.95. The number of halogens is 1. The van der Waals surface area contributed by atoms with Crippen LogP contribution >= 0.6 is 27.3 Å². The monoisotopic (exact) mass is 562 g/mol. The van der Waals surface area contributed by atoms with Gasteiger partial charge in [-0.05, 0) is 67.8 Å². The third kappa shape index (κ3) is 4.20. The molecule has 1 aliphatic heterocycles. The number of carbonyl (C=O) groups excluding carboxylic acids is 2. The summed E-state index contributed by atoms with van der Waals surface area (Å²) in [6, 6.07) is 17.4. The van der Waals surface area contributed by atoms with Crippen LogP contribution in [0.2, 0.25) is 0 Å². The molecule has 3 aromatic carbocycles. The van der Waals surface area contributed by atoms with Gasteiger partial charge in [0.05, 0.1) is 28.4 Å². The minimum absolute atomic E-state index is 0.0168. The Balaban J connectivity index is 1.72. The van der Waals surface area contributed by atoms with E-state index in [0.29, 0.717) is 28.6 Å². The van der Waals surface area contributed by atoms with E-state index in [-0.39, 0.29) is 11.3 Å². The smallest absolute Gasteiger partial charge is 0.301 e. The van der Waals surface area contributed by atoms with E-state index in [1.54, 1.807) is 24.3 Å². The SMILES string of the molecule is CCOc1cccc(C(O)=C2C(=O)C(=O)N(c3nc4c(C)cc(C)cc4s3)C2c2ccc(Br)cc2)c1. The largest absolute Gasteiger partial charge is 0.507 e. The number of aliphatic hydroxyl groups is 1. The van der Waals surface area contributed by atoms with Gasteiger partial charge in [0, 0.05) is 10.0 Å². The zero-order valence-corrected chi connectivity index (χ0v) is 22.3. The van der Waals surface area contributed by atoms with Gasteiger partial charge in [0.15, 0.2) is 5.13 Å². The molecule has 0 spiro atoms. The minimum Gasteiger partial charge on any atom is -0.507 e. The van der Waals surface area contributed by atoms with Crippen LogP contribution in [0.1, 0.15) is 35.2 Å². The van der Waals surface area contributed by atoms with E-state index in [9.17, 15) is 14.7 Å². The fourth-order valence-electron chi connectivity index (χ4n) is 4.51. The van der Waals surface area contributed by atoms with Crippen LogP contribution in [0.25, 0.3) is 16.0 Å². The van der Waals surface area contributed by atoms with Gasteiger partial charge in [0.2, 0.25) is 0 Å². The van der Waals surface area contributed by atoms with Crippen molar-refractivity contribution in [2.24, 2.45) is 0 Å². The van der Waals surface area contributed by atoms with Crippen LogP contribution in [0.5, 0.6) is 5.75 Å². The van der Waals surface area contributed by atoms with Crippen molar-refractivity contribution in [1.82, 2.24) is 4.98 Å². The molecule has 1 saturated heterocycles. The quantitative estimate of drug-likeness (QED) is 0.166. The second-order valence-corrected chi connectivity index (χ2v) is 10.5. The average molecular weight is 563 g/mol. The number of thiazole rings is 1. The van der Waals surface area contributed by atoms with Gasteiger partial charge in [-0.15, -0.1) is 0 Å². The van der Waals surface area contributed by atoms with Gasteiger partial charge in [0.1, 0.15) is 11.5 Å². The molecule has 0 aliphatic carbocycles. The van der Waals surface area contributed by atoms with Crippen molar-refractivity contribution in [2.45, 2.75) is 26.8 Å². The van der Waals surface area contributed by atoms with Crippen LogP contribution in [-0.2, 0) is 9.59 Å². The number of aryl methyl sites for hydroxylation is 2. The van der Waals surface area contributed by atoms with Gasteiger partial charge >= 0.3 is 5.91 Å². The molecule has 1 aliphatic rings. The predicted octanol–water partition coefficient (Wildman–Crippen LogP) is 6.70. The highest BCUT2D eigenvalue weighted by molar-refractivity contribution is 9.10. The number of nitrogens with zero attached hydrogens (tertiary/aromatic N) is 2. The maximum absolute atomic E-state index is 13.5. The first-order chi connectivity index (χ1) is 17.3. The second-order valence-electron chi connectivity index (χ2n) is 8.61. The van der Waals surface area contributed by atoms with Crippen molar-refractivity contribution in [1.29, 1.82) is 0 Å². The maximum Gasteiger partial charge on any atom is 0.301 e. The van der Waals surface area contributed by atoms with E-state index >= 15 is 0 Å². The van der Waals surface area contributed by atoms with Crippen LogP contribution in [-0.4, -0.2) is 28.4 Å². The Morgan fingerprint density at radius 3 is 2.58 bits per heavy atom. The number of Topliss-reactive ketones (excluding diaryl/α,β-unsaturated/α-hetero) is 1. The lowest BCUT2D eigenvalue weighted by Crippen LogP contribution is -2.29. The Hall–Kier alpha value is -3.49. The minimum atomic E-state index is -0.837. The van der Waals surface area contributed by atoms with Crippen molar-refractivity contribution >= 4 is 60.1 Å². The van der Waals surface area contributed by atoms with Gasteiger partial charge in [-0.2, -0.15) is 0 Å². The predicted molar refractivity (Wildman–Crippen MR) is 146 cm³/mol. The fraction of sp³-hybridized carbons (Fsp3) is 0.179.